The number of aromatic nitrogens is 1. The summed E-state index contributed by atoms with van der Waals surface area (Å²) in [6.45, 7) is 2.21. The zero-order valence-corrected chi connectivity index (χ0v) is 14.7. The number of benzene rings is 2. The minimum absolute atomic E-state index is 0.0420. The molecule has 0 saturated heterocycles. The third-order valence-electron chi connectivity index (χ3n) is 4.27. The first-order chi connectivity index (χ1) is 12.1. The summed E-state index contributed by atoms with van der Waals surface area (Å²) in [6.07, 6.45) is 1.89. The average molecular weight is 338 g/mol. The maximum atomic E-state index is 12.5. The molecule has 1 amide bonds. The fourth-order valence-electron chi connectivity index (χ4n) is 2.93. The molecule has 130 valence electrons. The van der Waals surface area contributed by atoms with E-state index in [4.69, 9.17) is 9.47 Å². The Kier molecular flexibility index (Phi) is 4.93. The lowest BCUT2D eigenvalue weighted by atomic mass is 10.1. The number of nitrogens with zero attached hydrogens (tertiary/aromatic N) is 1. The molecule has 5 nitrogen and oxygen atoms in total. The first-order valence-electron chi connectivity index (χ1n) is 8.17. The number of nitrogens with one attached hydrogen (secondary N) is 1. The largest absolute Gasteiger partial charge is 0.497 e. The molecule has 1 aromatic heterocycles. The summed E-state index contributed by atoms with van der Waals surface area (Å²) < 4.78 is 12.6. The number of rotatable bonds is 6. The number of hydrogen-bond acceptors (Lipinski definition) is 3. The smallest absolute Gasteiger partial charge is 0.240 e. The number of hydrogen-bond donors (Lipinski definition) is 1. The predicted octanol–water partition coefficient (Wildman–Crippen LogP) is 3.54. The summed E-state index contributed by atoms with van der Waals surface area (Å²) in [6, 6.07) is 15.6. The van der Waals surface area contributed by atoms with Crippen LogP contribution < -0.4 is 14.8 Å². The van der Waals surface area contributed by atoms with E-state index in [1.54, 1.807) is 14.2 Å². The Morgan fingerprint density at radius 2 is 1.88 bits per heavy atom. The highest BCUT2D eigenvalue weighted by molar-refractivity contribution is 5.89. The highest BCUT2D eigenvalue weighted by Gasteiger charge is 2.13. The number of amides is 1. The van der Waals surface area contributed by atoms with Crippen LogP contribution >= 0.6 is 0 Å². The molecule has 0 aliphatic heterocycles. The van der Waals surface area contributed by atoms with Crippen molar-refractivity contribution in [2.45, 2.75) is 19.5 Å². The standard InChI is InChI=1S/C20H22N2O3/c1-14(15-7-5-4-6-8-15)21-20(23)13-22-10-9-17-18(22)11-16(24-2)12-19(17)25-3/h4-12,14H,13H2,1-3H3,(H,21,23). The maximum absolute atomic E-state index is 12.5. The van der Waals surface area contributed by atoms with Crippen molar-refractivity contribution in [2.24, 2.45) is 0 Å². The molecule has 0 fully saturated rings. The topological polar surface area (TPSA) is 52.5 Å². The quantitative estimate of drug-likeness (QED) is 0.748. The molecule has 3 aromatic rings. The summed E-state index contributed by atoms with van der Waals surface area (Å²) >= 11 is 0. The van der Waals surface area contributed by atoms with Gasteiger partial charge in [0.25, 0.3) is 0 Å². The van der Waals surface area contributed by atoms with Crippen molar-refractivity contribution >= 4 is 16.8 Å². The zero-order chi connectivity index (χ0) is 17.8. The molecule has 0 aliphatic rings. The maximum Gasteiger partial charge on any atom is 0.240 e. The molecule has 1 atom stereocenters. The van der Waals surface area contributed by atoms with Crippen molar-refractivity contribution < 1.29 is 14.3 Å². The highest BCUT2D eigenvalue weighted by atomic mass is 16.5. The van der Waals surface area contributed by atoms with Crippen molar-refractivity contribution in [3.05, 3.63) is 60.3 Å². The van der Waals surface area contributed by atoms with Gasteiger partial charge in [-0.15, -0.1) is 0 Å². The minimum atomic E-state index is -0.0457. The van der Waals surface area contributed by atoms with Gasteiger partial charge in [0.2, 0.25) is 5.91 Å². The zero-order valence-electron chi connectivity index (χ0n) is 14.7. The summed E-state index contributed by atoms with van der Waals surface area (Å²) in [5, 5.41) is 3.99. The van der Waals surface area contributed by atoms with E-state index in [0.29, 0.717) is 5.75 Å². The van der Waals surface area contributed by atoms with E-state index in [0.717, 1.165) is 22.2 Å². The first kappa shape index (κ1) is 16.9. The lowest BCUT2D eigenvalue weighted by molar-refractivity contribution is -0.122. The van der Waals surface area contributed by atoms with Gasteiger partial charge in [-0.1, -0.05) is 30.3 Å². The van der Waals surface area contributed by atoms with Gasteiger partial charge in [0.1, 0.15) is 18.0 Å². The Balaban J connectivity index is 1.79. The Morgan fingerprint density at radius 1 is 1.12 bits per heavy atom. The van der Waals surface area contributed by atoms with Crippen LogP contribution in [0, 0.1) is 0 Å². The molecule has 5 heteroatoms. The van der Waals surface area contributed by atoms with E-state index in [-0.39, 0.29) is 18.5 Å². The van der Waals surface area contributed by atoms with Crippen LogP contribution in [-0.4, -0.2) is 24.7 Å². The van der Waals surface area contributed by atoms with Crippen LogP contribution in [0.3, 0.4) is 0 Å². The number of carbonyl (C=O) groups excluding carboxylic acids is 1. The van der Waals surface area contributed by atoms with Gasteiger partial charge in [-0.25, -0.2) is 0 Å². The highest BCUT2D eigenvalue weighted by Crippen LogP contribution is 2.31. The molecule has 2 aromatic carbocycles. The third kappa shape index (κ3) is 3.60. The van der Waals surface area contributed by atoms with Gasteiger partial charge in [-0.2, -0.15) is 0 Å². The molecule has 0 radical (unpaired) electrons. The van der Waals surface area contributed by atoms with Crippen molar-refractivity contribution in [3.63, 3.8) is 0 Å². The van der Waals surface area contributed by atoms with Crippen molar-refractivity contribution in [3.8, 4) is 11.5 Å². The second-order valence-corrected chi connectivity index (χ2v) is 5.91. The number of fused-ring (bicyclic) bond motifs is 1. The minimum Gasteiger partial charge on any atom is -0.497 e. The number of methoxy groups -OCH3 is 2. The summed E-state index contributed by atoms with van der Waals surface area (Å²) in [4.78, 5) is 12.5. The number of ether oxygens (including phenoxy) is 2. The van der Waals surface area contributed by atoms with Crippen molar-refractivity contribution in [1.82, 2.24) is 9.88 Å². The molecule has 1 N–H and O–H groups in total. The predicted molar refractivity (Wildman–Crippen MR) is 98.0 cm³/mol. The fraction of sp³-hybridized carbons (Fsp3) is 0.250. The van der Waals surface area contributed by atoms with E-state index < -0.39 is 0 Å². The van der Waals surface area contributed by atoms with Crippen LogP contribution in [-0.2, 0) is 11.3 Å². The monoisotopic (exact) mass is 338 g/mol. The fourth-order valence-corrected chi connectivity index (χ4v) is 2.93. The second-order valence-electron chi connectivity index (χ2n) is 5.91. The molecular weight excluding hydrogens is 316 g/mol. The molecule has 25 heavy (non-hydrogen) atoms. The Hall–Kier alpha value is -2.95. The van der Waals surface area contributed by atoms with Crippen LogP contribution in [0.15, 0.2) is 54.7 Å². The molecule has 3 rings (SSSR count). The third-order valence-corrected chi connectivity index (χ3v) is 4.27. The first-order valence-corrected chi connectivity index (χ1v) is 8.17. The van der Waals surface area contributed by atoms with Gasteiger partial charge < -0.3 is 19.4 Å². The Bertz CT molecular complexity index is 871. The molecular formula is C20H22N2O3. The number of carbonyl (C=O) groups is 1. The normalized spacial score (nSPS) is 12.0. The molecule has 1 unspecified atom stereocenters. The van der Waals surface area contributed by atoms with Crippen molar-refractivity contribution in [2.75, 3.05) is 14.2 Å². The van der Waals surface area contributed by atoms with Gasteiger partial charge in [0, 0.05) is 23.7 Å². The molecule has 0 aliphatic carbocycles. The molecule has 0 spiro atoms. The molecule has 1 heterocycles. The van der Waals surface area contributed by atoms with E-state index >= 15 is 0 Å². The van der Waals surface area contributed by atoms with Gasteiger partial charge >= 0.3 is 0 Å². The lowest BCUT2D eigenvalue weighted by Crippen LogP contribution is -2.29. The van der Waals surface area contributed by atoms with Gasteiger partial charge in [0.15, 0.2) is 0 Å². The van der Waals surface area contributed by atoms with Crippen LogP contribution in [0.1, 0.15) is 18.5 Å². The summed E-state index contributed by atoms with van der Waals surface area (Å²) in [5.41, 5.74) is 1.98. The van der Waals surface area contributed by atoms with Gasteiger partial charge in [-0.05, 0) is 18.6 Å². The van der Waals surface area contributed by atoms with Gasteiger partial charge in [-0.3, -0.25) is 4.79 Å². The van der Waals surface area contributed by atoms with E-state index in [9.17, 15) is 4.79 Å². The van der Waals surface area contributed by atoms with Crippen LogP contribution in [0.5, 0.6) is 11.5 Å². The van der Waals surface area contributed by atoms with Crippen LogP contribution in [0.2, 0.25) is 0 Å². The SMILES string of the molecule is COc1cc(OC)c2ccn(CC(=O)NC(C)c3ccccc3)c2c1. The van der Waals surface area contributed by atoms with Crippen molar-refractivity contribution in [1.29, 1.82) is 0 Å². The Labute approximate surface area is 147 Å². The summed E-state index contributed by atoms with van der Waals surface area (Å²) in [7, 11) is 3.24. The van der Waals surface area contributed by atoms with E-state index in [1.807, 2.05) is 66.2 Å². The van der Waals surface area contributed by atoms with E-state index in [1.165, 1.54) is 0 Å². The second kappa shape index (κ2) is 7.30. The van der Waals surface area contributed by atoms with E-state index in [2.05, 4.69) is 5.32 Å². The molecule has 0 saturated carbocycles. The Morgan fingerprint density at radius 3 is 2.56 bits per heavy atom. The van der Waals surface area contributed by atoms with Gasteiger partial charge in [0.05, 0.1) is 25.8 Å². The summed E-state index contributed by atoms with van der Waals surface area (Å²) in [5.74, 6) is 1.38. The van der Waals surface area contributed by atoms with Crippen LogP contribution in [0.4, 0.5) is 0 Å². The lowest BCUT2D eigenvalue weighted by Gasteiger charge is -2.15. The molecule has 0 bridgehead atoms. The average Bonchev–Trinajstić information content (AvgIpc) is 3.04. The van der Waals surface area contributed by atoms with Crippen LogP contribution in [0.25, 0.3) is 10.9 Å².